The van der Waals surface area contributed by atoms with Gasteiger partial charge in [0.05, 0.1) is 24.5 Å². The van der Waals surface area contributed by atoms with Gasteiger partial charge < -0.3 is 24.0 Å². The van der Waals surface area contributed by atoms with E-state index in [1.54, 1.807) is 19.1 Å². The molecule has 3 aliphatic carbocycles. The van der Waals surface area contributed by atoms with Crippen molar-refractivity contribution in [2.45, 2.75) is 58.5 Å². The van der Waals surface area contributed by atoms with Crippen LogP contribution in [0.25, 0.3) is 5.57 Å². The third-order valence-corrected chi connectivity index (χ3v) is 8.54. The van der Waals surface area contributed by atoms with Crippen LogP contribution < -0.4 is 0 Å². The van der Waals surface area contributed by atoms with Crippen LogP contribution >= 0.6 is 0 Å². The summed E-state index contributed by atoms with van der Waals surface area (Å²) in [6.07, 6.45) is 7.17. The molecule has 3 atom stereocenters. The Morgan fingerprint density at radius 3 is 2.26 bits per heavy atom. The Morgan fingerprint density at radius 2 is 1.69 bits per heavy atom. The molecule has 1 aromatic carbocycles. The summed E-state index contributed by atoms with van der Waals surface area (Å²) in [6.45, 7) is 8.72. The molecule has 0 saturated heterocycles. The highest BCUT2D eigenvalue weighted by Crippen LogP contribution is 2.53. The standard InChI is InChI=1S/C32H50N2O5/c1-24(2)29(35)39-32(21-26-14-15-27(32)20-28(26)25-12-9-8-10-13-25)16-19-33(4)17-11-18-34(5)30(36)31(3,22-37-6)23-38-7/h8-10,12-13,20,24,26-27H,11,14-19,21-23H2,1-7H3/t26-,27-,32+/m1/s1. The third-order valence-electron chi connectivity index (χ3n) is 8.54. The smallest absolute Gasteiger partial charge is 0.308 e. The van der Waals surface area contributed by atoms with Gasteiger partial charge >= 0.3 is 5.97 Å². The quantitative estimate of drug-likeness (QED) is 0.294. The largest absolute Gasteiger partial charge is 0.458 e. The van der Waals surface area contributed by atoms with Crippen LogP contribution in [0.5, 0.6) is 0 Å². The first-order valence-corrected chi connectivity index (χ1v) is 14.5. The predicted octanol–water partition coefficient (Wildman–Crippen LogP) is 4.91. The van der Waals surface area contributed by atoms with Crippen LogP contribution in [-0.4, -0.2) is 88.4 Å². The van der Waals surface area contributed by atoms with Gasteiger partial charge in [-0.2, -0.15) is 0 Å². The maximum absolute atomic E-state index is 13.1. The van der Waals surface area contributed by atoms with Gasteiger partial charge in [-0.3, -0.25) is 9.59 Å². The summed E-state index contributed by atoms with van der Waals surface area (Å²) in [5, 5.41) is 0. The number of hydrogen-bond donors (Lipinski definition) is 0. The number of amides is 1. The van der Waals surface area contributed by atoms with Crippen LogP contribution in [-0.2, 0) is 23.8 Å². The first kappa shape index (κ1) is 31.3. The Hall–Kier alpha value is -2.22. The maximum Gasteiger partial charge on any atom is 0.308 e. The zero-order chi connectivity index (χ0) is 28.6. The lowest BCUT2D eigenvalue weighted by molar-refractivity contribution is -0.176. The van der Waals surface area contributed by atoms with E-state index in [2.05, 4.69) is 48.4 Å². The number of ether oxygens (including phenoxy) is 3. The molecule has 0 aliphatic heterocycles. The second-order valence-corrected chi connectivity index (χ2v) is 12.3. The van der Waals surface area contributed by atoms with E-state index in [0.29, 0.717) is 25.7 Å². The van der Waals surface area contributed by atoms with Crippen molar-refractivity contribution in [2.24, 2.45) is 23.2 Å². The molecule has 3 aliphatic rings. The van der Waals surface area contributed by atoms with E-state index < -0.39 is 11.0 Å². The number of benzene rings is 1. The number of esters is 1. The lowest BCUT2D eigenvalue weighted by Crippen LogP contribution is -2.51. The van der Waals surface area contributed by atoms with E-state index in [4.69, 9.17) is 14.2 Å². The molecule has 0 radical (unpaired) electrons. The van der Waals surface area contributed by atoms with Crippen molar-refractivity contribution in [3.63, 3.8) is 0 Å². The topological polar surface area (TPSA) is 68.3 Å². The Balaban J connectivity index is 1.61. The number of nitrogens with zero attached hydrogens (tertiary/aromatic N) is 2. The molecule has 0 N–H and O–H groups in total. The number of rotatable bonds is 15. The van der Waals surface area contributed by atoms with Crippen LogP contribution in [0.15, 0.2) is 36.4 Å². The molecule has 0 spiro atoms. The van der Waals surface area contributed by atoms with Crippen molar-refractivity contribution < 1.29 is 23.8 Å². The second-order valence-electron chi connectivity index (χ2n) is 12.3. The molecule has 4 rings (SSSR count). The average Bonchev–Trinajstić information content (AvgIpc) is 2.92. The summed E-state index contributed by atoms with van der Waals surface area (Å²) in [5.41, 5.74) is 1.56. The molecule has 1 amide bonds. The molecule has 7 nitrogen and oxygen atoms in total. The van der Waals surface area contributed by atoms with Crippen LogP contribution in [0, 0.1) is 23.2 Å². The second kappa shape index (κ2) is 13.9. The molecule has 2 bridgehead atoms. The van der Waals surface area contributed by atoms with Gasteiger partial charge in [0.15, 0.2) is 0 Å². The first-order valence-electron chi connectivity index (χ1n) is 14.5. The Labute approximate surface area is 235 Å². The zero-order valence-corrected chi connectivity index (χ0v) is 25.2. The van der Waals surface area contributed by atoms with Crippen LogP contribution in [0.1, 0.15) is 58.4 Å². The molecule has 0 heterocycles. The van der Waals surface area contributed by atoms with Gasteiger partial charge in [0.1, 0.15) is 5.60 Å². The zero-order valence-electron chi connectivity index (χ0n) is 25.2. The Morgan fingerprint density at radius 1 is 1.03 bits per heavy atom. The fourth-order valence-electron chi connectivity index (χ4n) is 6.34. The fourth-order valence-corrected chi connectivity index (χ4v) is 6.34. The highest BCUT2D eigenvalue weighted by Gasteiger charge is 2.50. The van der Waals surface area contributed by atoms with Gasteiger partial charge in [-0.15, -0.1) is 0 Å². The van der Waals surface area contributed by atoms with E-state index in [1.165, 1.54) is 11.1 Å². The molecule has 7 heteroatoms. The average molecular weight is 543 g/mol. The SMILES string of the molecule is COCC(C)(COC)C(=O)N(C)CCCN(C)CC[C@]1(OC(=O)C(C)C)C[C@H]2CC[C@@H]1C=C2c1ccccc1. The lowest BCUT2D eigenvalue weighted by Gasteiger charge is -2.50. The summed E-state index contributed by atoms with van der Waals surface area (Å²) in [6, 6.07) is 10.6. The summed E-state index contributed by atoms with van der Waals surface area (Å²) < 4.78 is 17.0. The van der Waals surface area contributed by atoms with Crippen LogP contribution in [0.4, 0.5) is 0 Å². The molecule has 1 aromatic rings. The van der Waals surface area contributed by atoms with Crippen molar-refractivity contribution in [1.82, 2.24) is 9.80 Å². The number of allylic oxidation sites excluding steroid dienone is 1. The molecule has 218 valence electrons. The lowest BCUT2D eigenvalue weighted by atomic mass is 9.60. The van der Waals surface area contributed by atoms with Gasteiger partial charge in [0.25, 0.3) is 0 Å². The van der Waals surface area contributed by atoms with Crippen molar-refractivity contribution in [2.75, 3.05) is 61.2 Å². The van der Waals surface area contributed by atoms with Gasteiger partial charge in [-0.25, -0.2) is 0 Å². The summed E-state index contributed by atoms with van der Waals surface area (Å²) in [5.74, 6) is 0.433. The number of methoxy groups -OCH3 is 2. The minimum Gasteiger partial charge on any atom is -0.458 e. The minimum atomic E-state index is -0.691. The molecule has 1 saturated carbocycles. The number of carbonyl (C=O) groups excluding carboxylic acids is 2. The number of carbonyl (C=O) groups is 2. The number of hydrogen-bond acceptors (Lipinski definition) is 6. The predicted molar refractivity (Wildman–Crippen MR) is 155 cm³/mol. The van der Waals surface area contributed by atoms with E-state index in [9.17, 15) is 9.59 Å². The minimum absolute atomic E-state index is 0.0349. The number of fused-ring (bicyclic) bond motifs is 2. The van der Waals surface area contributed by atoms with E-state index in [-0.39, 0.29) is 23.7 Å². The molecule has 0 aromatic heterocycles. The highest BCUT2D eigenvalue weighted by molar-refractivity contribution is 5.82. The van der Waals surface area contributed by atoms with E-state index in [1.807, 2.05) is 27.8 Å². The van der Waals surface area contributed by atoms with Crippen LogP contribution in [0.2, 0.25) is 0 Å². The summed E-state index contributed by atoms with van der Waals surface area (Å²) in [7, 11) is 7.18. The molecular formula is C32H50N2O5. The molecule has 1 fully saturated rings. The van der Waals surface area contributed by atoms with E-state index in [0.717, 1.165) is 45.2 Å². The Kier molecular flexibility index (Phi) is 11.2. The van der Waals surface area contributed by atoms with Crippen molar-refractivity contribution >= 4 is 17.4 Å². The van der Waals surface area contributed by atoms with Gasteiger partial charge in [-0.05, 0) is 63.3 Å². The van der Waals surface area contributed by atoms with Gasteiger partial charge in [0.2, 0.25) is 5.91 Å². The van der Waals surface area contributed by atoms with Gasteiger partial charge in [-0.1, -0.05) is 50.3 Å². The third kappa shape index (κ3) is 7.71. The van der Waals surface area contributed by atoms with E-state index >= 15 is 0 Å². The van der Waals surface area contributed by atoms with Crippen LogP contribution in [0.3, 0.4) is 0 Å². The molecule has 39 heavy (non-hydrogen) atoms. The summed E-state index contributed by atoms with van der Waals surface area (Å²) in [4.78, 5) is 30.0. The van der Waals surface area contributed by atoms with Crippen molar-refractivity contribution in [1.29, 1.82) is 0 Å². The first-order chi connectivity index (χ1) is 18.5. The Bertz CT molecular complexity index is 972. The monoisotopic (exact) mass is 542 g/mol. The fraction of sp³-hybridized carbons (Fsp3) is 0.688. The highest BCUT2D eigenvalue weighted by atomic mass is 16.6. The van der Waals surface area contributed by atoms with Gasteiger partial charge in [0, 0.05) is 46.7 Å². The maximum atomic E-state index is 13.1. The normalized spacial score (nSPS) is 22.7. The summed E-state index contributed by atoms with van der Waals surface area (Å²) >= 11 is 0. The molecular weight excluding hydrogens is 492 g/mol. The molecule has 0 unspecified atom stereocenters. The van der Waals surface area contributed by atoms with Crippen molar-refractivity contribution in [3.05, 3.63) is 42.0 Å². The van der Waals surface area contributed by atoms with Crippen molar-refractivity contribution in [3.8, 4) is 0 Å².